The standard InChI is InChI=1S/C51H58ClF3N8O7S/c1-50(2)15-13-35(42(26-50)40-10-7-36(23-43(40)52)51(53,54)55)30-60-18-20-61(21-19-60)37-8-11-41(47(24-37)70-38-22-34-14-16-56-49(34)58-28-38)46(64)32-71(68,69)39-9-12-44(45(25-39)63(66)67)57-27-33-6-5-17-62(29-33)48(65)31-59(3)4/h7-12,14,16,22-25,28,33,57H,5-6,13,15,17-21,26-27,29-32H2,1-4H3,(H,56,58). The average molecular weight is 1020 g/mol. The average Bonchev–Trinajstić information content (AvgIpc) is 3.79. The number of likely N-dealkylation sites (tertiary alicyclic amines) is 1. The second kappa shape index (κ2) is 21.0. The number of nitrogens with one attached hydrogen (secondary N) is 2. The van der Waals surface area contributed by atoms with Gasteiger partial charge in [-0.05, 0) is 117 Å². The number of halogens is 4. The van der Waals surface area contributed by atoms with Crippen molar-refractivity contribution in [1.29, 1.82) is 0 Å². The summed E-state index contributed by atoms with van der Waals surface area (Å²) in [7, 11) is -0.769. The third-order valence-corrected chi connectivity index (χ3v) is 15.5. The molecule has 1 amide bonds. The van der Waals surface area contributed by atoms with E-state index in [0.717, 1.165) is 66.1 Å². The van der Waals surface area contributed by atoms with Gasteiger partial charge in [-0.3, -0.25) is 24.6 Å². The first-order valence-corrected chi connectivity index (χ1v) is 25.7. The number of aromatic nitrogens is 2. The Hall–Kier alpha value is -6.02. The molecule has 3 aliphatic rings. The van der Waals surface area contributed by atoms with E-state index >= 15 is 0 Å². The summed E-state index contributed by atoms with van der Waals surface area (Å²) in [6, 6.07) is 15.7. The topological polar surface area (TPSA) is 174 Å². The van der Waals surface area contributed by atoms with Gasteiger partial charge >= 0.3 is 6.18 Å². The summed E-state index contributed by atoms with van der Waals surface area (Å²) < 4.78 is 74.8. The number of alkyl halides is 3. The molecule has 2 saturated heterocycles. The summed E-state index contributed by atoms with van der Waals surface area (Å²) in [5.74, 6) is -1.33. The number of allylic oxidation sites excluding steroid dienone is 1. The van der Waals surface area contributed by atoms with E-state index in [9.17, 15) is 41.3 Å². The molecule has 0 radical (unpaired) electrons. The number of anilines is 2. The van der Waals surface area contributed by atoms with Crippen LogP contribution in [0.4, 0.5) is 30.2 Å². The lowest BCUT2D eigenvalue weighted by Crippen LogP contribution is -2.47. The largest absolute Gasteiger partial charge is 0.455 e. The number of nitro groups is 1. The molecule has 8 rings (SSSR count). The molecular formula is C51H58ClF3N8O7S. The first-order valence-electron chi connectivity index (χ1n) is 23.6. The molecule has 378 valence electrons. The van der Waals surface area contributed by atoms with Gasteiger partial charge in [0.1, 0.15) is 28.6 Å². The number of ketones is 1. The van der Waals surface area contributed by atoms with E-state index in [1.165, 1.54) is 30.5 Å². The number of ether oxygens (including phenoxy) is 1. The smallest absolute Gasteiger partial charge is 0.416 e. The van der Waals surface area contributed by atoms with Gasteiger partial charge in [-0.25, -0.2) is 13.4 Å². The number of hydrogen-bond donors (Lipinski definition) is 2. The summed E-state index contributed by atoms with van der Waals surface area (Å²) in [6.07, 6.45) is 2.73. The van der Waals surface area contributed by atoms with Crippen molar-refractivity contribution in [1.82, 2.24) is 24.7 Å². The highest BCUT2D eigenvalue weighted by molar-refractivity contribution is 7.92. The predicted molar refractivity (Wildman–Crippen MR) is 268 cm³/mol. The zero-order valence-corrected chi connectivity index (χ0v) is 41.7. The van der Waals surface area contributed by atoms with Gasteiger partial charge in [0.2, 0.25) is 5.91 Å². The number of H-pyrrole nitrogens is 1. The lowest BCUT2D eigenvalue weighted by atomic mass is 9.72. The van der Waals surface area contributed by atoms with Crippen molar-refractivity contribution < 1.29 is 40.8 Å². The number of benzene rings is 3. The van der Waals surface area contributed by atoms with Crippen molar-refractivity contribution in [3.8, 4) is 11.5 Å². The number of carbonyl (C=O) groups excluding carboxylic acids is 2. The number of fused-ring (bicyclic) bond motifs is 1. The van der Waals surface area contributed by atoms with Crippen molar-refractivity contribution in [3.05, 3.63) is 117 Å². The van der Waals surface area contributed by atoms with Crippen molar-refractivity contribution >= 4 is 66.8 Å². The normalized spacial score (nSPS) is 18.0. The van der Waals surface area contributed by atoms with Gasteiger partial charge in [0.05, 0.1) is 33.7 Å². The van der Waals surface area contributed by atoms with E-state index in [-0.39, 0.29) is 50.7 Å². The van der Waals surface area contributed by atoms with E-state index in [0.29, 0.717) is 75.7 Å². The second-order valence-electron chi connectivity index (χ2n) is 19.8. The van der Waals surface area contributed by atoms with E-state index in [2.05, 4.69) is 38.9 Å². The van der Waals surface area contributed by atoms with Crippen LogP contribution in [0.3, 0.4) is 0 Å². The molecule has 20 heteroatoms. The van der Waals surface area contributed by atoms with E-state index in [4.69, 9.17) is 16.3 Å². The summed E-state index contributed by atoms with van der Waals surface area (Å²) >= 11 is 6.55. The second-order valence-corrected chi connectivity index (χ2v) is 22.2. The number of Topliss-reactive ketones (excluding diaryl/α,β-unsaturated/α-hetero) is 1. The molecule has 2 N–H and O–H groups in total. The van der Waals surface area contributed by atoms with Crippen molar-refractivity contribution in [3.63, 3.8) is 0 Å². The number of hydrogen-bond acceptors (Lipinski definition) is 12. The molecule has 3 aromatic carbocycles. The Labute approximate surface area is 416 Å². The quantitative estimate of drug-likeness (QED) is 0.0545. The van der Waals surface area contributed by atoms with Crippen LogP contribution in [0.5, 0.6) is 11.5 Å². The van der Waals surface area contributed by atoms with Crippen molar-refractivity contribution in [2.75, 3.05) is 89.0 Å². The molecule has 71 heavy (non-hydrogen) atoms. The zero-order chi connectivity index (χ0) is 50.8. The van der Waals surface area contributed by atoms with E-state index in [1.54, 1.807) is 34.2 Å². The molecule has 5 aromatic rings. The molecule has 0 spiro atoms. The highest BCUT2D eigenvalue weighted by Crippen LogP contribution is 2.46. The van der Waals surface area contributed by atoms with Crippen LogP contribution in [0.25, 0.3) is 16.6 Å². The van der Waals surface area contributed by atoms with Gasteiger partial charge in [-0.2, -0.15) is 13.2 Å². The number of sulfone groups is 1. The number of pyridine rings is 1. The summed E-state index contributed by atoms with van der Waals surface area (Å²) in [4.78, 5) is 53.6. The van der Waals surface area contributed by atoms with Gasteiger partial charge in [0, 0.05) is 86.8 Å². The Morgan fingerprint density at radius 3 is 2.52 bits per heavy atom. The maximum atomic E-state index is 14.1. The fourth-order valence-corrected chi connectivity index (χ4v) is 11.2. The molecule has 15 nitrogen and oxygen atoms in total. The Morgan fingerprint density at radius 1 is 1.03 bits per heavy atom. The number of nitro benzene ring substituents is 1. The fourth-order valence-electron chi connectivity index (χ4n) is 9.71. The molecule has 1 atom stereocenters. The van der Waals surface area contributed by atoms with Crippen molar-refractivity contribution in [2.45, 2.75) is 57.0 Å². The van der Waals surface area contributed by atoms with Crippen LogP contribution in [0, 0.1) is 21.4 Å². The van der Waals surface area contributed by atoms with Gasteiger partial charge in [-0.1, -0.05) is 37.1 Å². The fraction of sp³-hybridized carbons (Fsp3) is 0.431. The van der Waals surface area contributed by atoms with Crippen LogP contribution in [0.1, 0.15) is 67.4 Å². The lowest BCUT2D eigenvalue weighted by molar-refractivity contribution is -0.384. The van der Waals surface area contributed by atoms with Crippen molar-refractivity contribution in [2.24, 2.45) is 11.3 Å². The molecule has 2 aromatic heterocycles. The van der Waals surface area contributed by atoms with Crippen LogP contribution in [-0.2, 0) is 20.8 Å². The number of carbonyl (C=O) groups is 2. The Kier molecular flexibility index (Phi) is 15.2. The third kappa shape index (κ3) is 12.4. The number of piperidine rings is 1. The van der Waals surface area contributed by atoms with Crippen LogP contribution in [0.15, 0.2) is 89.6 Å². The maximum absolute atomic E-state index is 14.1. The highest BCUT2D eigenvalue weighted by Gasteiger charge is 2.34. The molecule has 1 aliphatic carbocycles. The highest BCUT2D eigenvalue weighted by atomic mass is 35.5. The molecule has 0 saturated carbocycles. The van der Waals surface area contributed by atoms with Crippen LogP contribution < -0.4 is 15.0 Å². The Morgan fingerprint density at radius 2 is 1.80 bits per heavy atom. The van der Waals surface area contributed by atoms with Gasteiger partial charge < -0.3 is 29.7 Å². The van der Waals surface area contributed by atoms with E-state index in [1.807, 2.05) is 20.2 Å². The molecular weight excluding hydrogens is 961 g/mol. The molecule has 1 unspecified atom stereocenters. The van der Waals surface area contributed by atoms with Gasteiger partial charge in [-0.15, -0.1) is 0 Å². The summed E-state index contributed by atoms with van der Waals surface area (Å²) in [5.41, 5.74) is 2.94. The number of nitrogens with zero attached hydrogens (tertiary/aromatic N) is 6. The van der Waals surface area contributed by atoms with E-state index < -0.39 is 43.7 Å². The Bertz CT molecular complexity index is 2970. The number of aromatic amines is 1. The monoisotopic (exact) mass is 1020 g/mol. The minimum Gasteiger partial charge on any atom is -0.455 e. The number of piperazine rings is 1. The SMILES string of the molecule is CN(C)CC(=O)N1CCCC(CNc2ccc(S(=O)(=O)CC(=O)c3ccc(N4CCN(CC5=C(c6ccc(C(F)(F)F)cc6Cl)CC(C)(C)CC5)CC4)cc3Oc3cnc4[nH]ccc4c3)cc2[N+](=O)[O-])C1. The minimum absolute atomic E-state index is 0.00827. The summed E-state index contributed by atoms with van der Waals surface area (Å²) in [6.45, 7) is 9.18. The number of amides is 1. The van der Waals surface area contributed by atoms with Crippen LogP contribution in [0.2, 0.25) is 5.02 Å². The van der Waals surface area contributed by atoms with Crippen LogP contribution >= 0.6 is 11.6 Å². The first-order chi connectivity index (χ1) is 33.6. The molecule has 2 fully saturated rings. The molecule has 4 heterocycles. The van der Waals surface area contributed by atoms with Gasteiger partial charge in [0.15, 0.2) is 15.6 Å². The molecule has 2 aliphatic heterocycles. The maximum Gasteiger partial charge on any atom is 0.416 e. The Balaban J connectivity index is 0.984. The van der Waals surface area contributed by atoms with Crippen LogP contribution in [-0.4, -0.2) is 128 Å². The third-order valence-electron chi connectivity index (χ3n) is 13.6. The van der Waals surface area contributed by atoms with Gasteiger partial charge in [0.25, 0.3) is 5.69 Å². The number of rotatable bonds is 16. The predicted octanol–water partition coefficient (Wildman–Crippen LogP) is 9.59. The summed E-state index contributed by atoms with van der Waals surface area (Å²) in [5, 5.41) is 16.2. The zero-order valence-electron chi connectivity index (χ0n) is 40.2. The minimum atomic E-state index is -4.50. The number of likely N-dealkylation sites (N-methyl/N-ethyl adjacent to an activating group) is 1. The first kappa shape index (κ1) is 51.3. The molecule has 0 bridgehead atoms. The lowest BCUT2D eigenvalue weighted by Gasteiger charge is -2.39.